The van der Waals surface area contributed by atoms with Crippen molar-refractivity contribution in [3.63, 3.8) is 0 Å². The molecule has 1 N–H and O–H groups in total. The fourth-order valence-corrected chi connectivity index (χ4v) is 2.07. The first-order valence-corrected chi connectivity index (χ1v) is 4.83. The Balaban J connectivity index is 2.32. The summed E-state index contributed by atoms with van der Waals surface area (Å²) in [6, 6.07) is 5.74. The highest BCUT2D eigenvalue weighted by atomic mass is 19.1. The number of rotatable bonds is 2. The number of hydrogen-bond donors (Lipinski definition) is 1. The molecule has 0 bridgehead atoms. The Morgan fingerprint density at radius 1 is 1.54 bits per heavy atom. The molecule has 1 nitrogen and oxygen atoms in total. The molecule has 70 valence electrons. The van der Waals surface area contributed by atoms with Gasteiger partial charge >= 0.3 is 0 Å². The number of fused-ring (bicyclic) bond motifs is 1. The summed E-state index contributed by atoms with van der Waals surface area (Å²) in [6.07, 6.45) is 1.91. The number of hydrogen-bond acceptors (Lipinski definition) is 1. The van der Waals surface area contributed by atoms with Crippen LogP contribution in [0.4, 0.5) is 4.39 Å². The van der Waals surface area contributed by atoms with Crippen LogP contribution >= 0.6 is 0 Å². The Bertz CT molecular complexity index is 309. The summed E-state index contributed by atoms with van der Waals surface area (Å²) in [7, 11) is 0. The second-order valence-electron chi connectivity index (χ2n) is 3.46. The average Bonchev–Trinajstić information content (AvgIpc) is 2.51. The van der Waals surface area contributed by atoms with E-state index in [2.05, 4.69) is 12.2 Å². The van der Waals surface area contributed by atoms with E-state index in [1.165, 1.54) is 0 Å². The summed E-state index contributed by atoms with van der Waals surface area (Å²) in [5.41, 5.74) is 2.07. The second kappa shape index (κ2) is 3.46. The lowest BCUT2D eigenvalue weighted by Crippen LogP contribution is -2.18. The van der Waals surface area contributed by atoms with Crippen LogP contribution in [-0.4, -0.2) is 6.54 Å². The van der Waals surface area contributed by atoms with Crippen LogP contribution in [0.1, 0.15) is 30.5 Å². The normalized spacial score (nSPS) is 20.3. The van der Waals surface area contributed by atoms with Gasteiger partial charge in [0.25, 0.3) is 0 Å². The minimum Gasteiger partial charge on any atom is -0.310 e. The van der Waals surface area contributed by atoms with Crippen LogP contribution in [0.15, 0.2) is 18.2 Å². The van der Waals surface area contributed by atoms with Gasteiger partial charge in [-0.3, -0.25) is 0 Å². The highest BCUT2D eigenvalue weighted by Gasteiger charge is 2.23. The lowest BCUT2D eigenvalue weighted by molar-refractivity contribution is 0.549. The van der Waals surface area contributed by atoms with E-state index in [4.69, 9.17) is 0 Å². The van der Waals surface area contributed by atoms with E-state index in [9.17, 15) is 4.39 Å². The van der Waals surface area contributed by atoms with E-state index in [1.54, 1.807) is 12.1 Å². The molecule has 0 saturated heterocycles. The number of nitrogens with one attached hydrogen (secondary N) is 1. The molecule has 1 aliphatic rings. The summed E-state index contributed by atoms with van der Waals surface area (Å²) in [5.74, 6) is -0.0436. The summed E-state index contributed by atoms with van der Waals surface area (Å²) >= 11 is 0. The summed E-state index contributed by atoms with van der Waals surface area (Å²) in [4.78, 5) is 0. The van der Waals surface area contributed by atoms with Crippen molar-refractivity contribution in [3.05, 3.63) is 35.1 Å². The Labute approximate surface area is 78.0 Å². The van der Waals surface area contributed by atoms with E-state index in [0.717, 1.165) is 30.5 Å². The highest BCUT2D eigenvalue weighted by molar-refractivity contribution is 5.35. The minimum atomic E-state index is -0.0436. The highest BCUT2D eigenvalue weighted by Crippen LogP contribution is 2.32. The first-order chi connectivity index (χ1) is 6.33. The predicted molar refractivity (Wildman–Crippen MR) is 51.1 cm³/mol. The summed E-state index contributed by atoms with van der Waals surface area (Å²) in [5, 5.41) is 3.36. The standard InChI is InChI=1S/C11H14FN/c1-2-13-11-7-6-8-9(11)4-3-5-10(8)12/h3-5,11,13H,2,6-7H2,1H3. The average molecular weight is 179 g/mol. The van der Waals surface area contributed by atoms with E-state index in [-0.39, 0.29) is 5.82 Å². The van der Waals surface area contributed by atoms with E-state index in [0.29, 0.717) is 6.04 Å². The zero-order valence-electron chi connectivity index (χ0n) is 7.81. The molecule has 1 aromatic rings. The molecular formula is C11H14FN. The van der Waals surface area contributed by atoms with Crippen LogP contribution in [0.2, 0.25) is 0 Å². The zero-order chi connectivity index (χ0) is 9.26. The van der Waals surface area contributed by atoms with Crippen LogP contribution in [0.5, 0.6) is 0 Å². The molecule has 1 aromatic carbocycles. The van der Waals surface area contributed by atoms with Crippen molar-refractivity contribution in [1.29, 1.82) is 0 Å². The third kappa shape index (κ3) is 1.46. The number of halogens is 1. The largest absolute Gasteiger partial charge is 0.310 e. The van der Waals surface area contributed by atoms with Gasteiger partial charge in [0.2, 0.25) is 0 Å². The SMILES string of the molecule is CCNC1CCc2c(F)cccc21. The van der Waals surface area contributed by atoms with Crippen molar-refractivity contribution in [1.82, 2.24) is 5.32 Å². The Morgan fingerprint density at radius 3 is 3.15 bits per heavy atom. The molecule has 1 aliphatic carbocycles. The molecule has 0 saturated carbocycles. The second-order valence-corrected chi connectivity index (χ2v) is 3.46. The van der Waals surface area contributed by atoms with Gasteiger partial charge in [-0.25, -0.2) is 4.39 Å². The molecule has 0 heterocycles. The van der Waals surface area contributed by atoms with E-state index < -0.39 is 0 Å². The van der Waals surface area contributed by atoms with Gasteiger partial charge in [-0.15, -0.1) is 0 Å². The summed E-state index contributed by atoms with van der Waals surface area (Å²) in [6.45, 7) is 3.03. The van der Waals surface area contributed by atoms with Gasteiger partial charge in [0.15, 0.2) is 0 Å². The van der Waals surface area contributed by atoms with Crippen LogP contribution in [0.25, 0.3) is 0 Å². The predicted octanol–water partition coefficient (Wildman–Crippen LogP) is 2.42. The van der Waals surface area contributed by atoms with Crippen molar-refractivity contribution in [2.45, 2.75) is 25.8 Å². The monoisotopic (exact) mass is 179 g/mol. The topological polar surface area (TPSA) is 12.0 Å². The number of benzene rings is 1. The quantitative estimate of drug-likeness (QED) is 0.735. The molecule has 2 rings (SSSR count). The van der Waals surface area contributed by atoms with Crippen molar-refractivity contribution in [2.24, 2.45) is 0 Å². The van der Waals surface area contributed by atoms with Gasteiger partial charge < -0.3 is 5.32 Å². The molecule has 0 fully saturated rings. The fourth-order valence-electron chi connectivity index (χ4n) is 2.07. The minimum absolute atomic E-state index is 0.0436. The molecule has 1 atom stereocenters. The molecule has 0 radical (unpaired) electrons. The van der Waals surface area contributed by atoms with Crippen LogP contribution in [0.3, 0.4) is 0 Å². The van der Waals surface area contributed by atoms with Crippen LogP contribution in [0, 0.1) is 5.82 Å². The maximum atomic E-state index is 13.3. The maximum absolute atomic E-state index is 13.3. The van der Waals surface area contributed by atoms with Crippen LogP contribution < -0.4 is 5.32 Å². The van der Waals surface area contributed by atoms with Crippen molar-refractivity contribution < 1.29 is 4.39 Å². The molecule has 13 heavy (non-hydrogen) atoms. The summed E-state index contributed by atoms with van der Waals surface area (Å²) < 4.78 is 13.3. The van der Waals surface area contributed by atoms with Crippen LogP contribution in [-0.2, 0) is 6.42 Å². The Kier molecular flexibility index (Phi) is 2.32. The third-order valence-corrected chi connectivity index (χ3v) is 2.66. The zero-order valence-corrected chi connectivity index (χ0v) is 7.81. The molecule has 1 unspecified atom stereocenters. The van der Waals surface area contributed by atoms with Crippen molar-refractivity contribution in [3.8, 4) is 0 Å². The molecule has 0 aromatic heterocycles. The van der Waals surface area contributed by atoms with E-state index in [1.807, 2.05) is 6.07 Å². The molecule has 2 heteroatoms. The molecule has 0 spiro atoms. The molecule has 0 amide bonds. The first kappa shape index (κ1) is 8.70. The molecule has 0 aliphatic heterocycles. The van der Waals surface area contributed by atoms with Gasteiger partial charge in [-0.1, -0.05) is 19.1 Å². The van der Waals surface area contributed by atoms with Gasteiger partial charge in [0.05, 0.1) is 0 Å². The van der Waals surface area contributed by atoms with E-state index >= 15 is 0 Å². The van der Waals surface area contributed by atoms with Crippen molar-refractivity contribution >= 4 is 0 Å². The lowest BCUT2D eigenvalue weighted by Gasteiger charge is -2.11. The van der Waals surface area contributed by atoms with Gasteiger partial charge in [0, 0.05) is 6.04 Å². The fraction of sp³-hybridized carbons (Fsp3) is 0.455. The molecular weight excluding hydrogens is 165 g/mol. The Morgan fingerprint density at radius 2 is 2.38 bits per heavy atom. The lowest BCUT2D eigenvalue weighted by atomic mass is 10.1. The first-order valence-electron chi connectivity index (χ1n) is 4.83. The van der Waals surface area contributed by atoms with Gasteiger partial charge in [-0.05, 0) is 36.6 Å². The van der Waals surface area contributed by atoms with Gasteiger partial charge in [0.1, 0.15) is 5.82 Å². The Hall–Kier alpha value is -0.890. The smallest absolute Gasteiger partial charge is 0.126 e. The third-order valence-electron chi connectivity index (χ3n) is 2.66. The maximum Gasteiger partial charge on any atom is 0.126 e. The van der Waals surface area contributed by atoms with Gasteiger partial charge in [-0.2, -0.15) is 0 Å². The van der Waals surface area contributed by atoms with Crippen molar-refractivity contribution in [2.75, 3.05) is 6.54 Å².